The largest absolute Gasteiger partial charge is 0.317 e. The molecule has 2 heteroatoms. The van der Waals surface area contributed by atoms with E-state index in [1.54, 1.807) is 0 Å². The smallest absolute Gasteiger partial charge is 0.0388 e. The van der Waals surface area contributed by atoms with Crippen molar-refractivity contribution < 1.29 is 0 Å². The molecule has 0 saturated carbocycles. The lowest BCUT2D eigenvalue weighted by atomic mass is 10.1. The lowest BCUT2D eigenvalue weighted by Gasteiger charge is -2.09. The predicted octanol–water partition coefficient (Wildman–Crippen LogP) is 2.84. The molecule has 1 N–H and O–H groups in total. The number of rotatable bonds is 6. The van der Waals surface area contributed by atoms with Crippen molar-refractivity contribution in [1.29, 1.82) is 0 Å². The number of alkyl halides is 1. The maximum absolute atomic E-state index is 6.21. The highest BCUT2D eigenvalue weighted by molar-refractivity contribution is 6.20. The van der Waals surface area contributed by atoms with E-state index in [4.69, 9.17) is 11.6 Å². The van der Waals surface area contributed by atoms with Crippen molar-refractivity contribution in [3.63, 3.8) is 0 Å². The van der Waals surface area contributed by atoms with Gasteiger partial charge in [-0.15, -0.1) is 11.6 Å². The van der Waals surface area contributed by atoms with Crippen LogP contribution in [0, 0.1) is 0 Å². The summed E-state index contributed by atoms with van der Waals surface area (Å²) in [5.41, 5.74) is 1.32. The van der Waals surface area contributed by atoms with Gasteiger partial charge in [0, 0.05) is 5.38 Å². The molecule has 0 spiro atoms. The van der Waals surface area contributed by atoms with E-state index in [0.29, 0.717) is 0 Å². The average molecular weight is 212 g/mol. The maximum Gasteiger partial charge on any atom is 0.0388 e. The highest BCUT2D eigenvalue weighted by Crippen LogP contribution is 2.10. The minimum absolute atomic E-state index is 0.247. The summed E-state index contributed by atoms with van der Waals surface area (Å²) in [6, 6.07) is 10.4. The van der Waals surface area contributed by atoms with E-state index in [1.165, 1.54) is 5.56 Å². The van der Waals surface area contributed by atoms with Crippen molar-refractivity contribution in [2.75, 3.05) is 13.1 Å². The third-order valence-electron chi connectivity index (χ3n) is 2.18. The third kappa shape index (κ3) is 4.64. The topological polar surface area (TPSA) is 12.0 Å². The first-order valence-corrected chi connectivity index (χ1v) is 5.65. The highest BCUT2D eigenvalue weighted by Gasteiger charge is 2.04. The van der Waals surface area contributed by atoms with Crippen LogP contribution < -0.4 is 5.32 Å². The van der Waals surface area contributed by atoms with Crippen LogP contribution in [0.15, 0.2) is 30.3 Å². The van der Waals surface area contributed by atoms with E-state index in [-0.39, 0.29) is 5.38 Å². The first-order chi connectivity index (χ1) is 6.83. The van der Waals surface area contributed by atoms with E-state index in [9.17, 15) is 0 Å². The molecule has 0 amide bonds. The van der Waals surface area contributed by atoms with Crippen molar-refractivity contribution in [3.05, 3.63) is 35.9 Å². The second kappa shape index (κ2) is 6.86. The van der Waals surface area contributed by atoms with Gasteiger partial charge in [0.25, 0.3) is 0 Å². The van der Waals surface area contributed by atoms with Gasteiger partial charge in [0.1, 0.15) is 0 Å². The fourth-order valence-corrected chi connectivity index (χ4v) is 1.69. The van der Waals surface area contributed by atoms with Crippen LogP contribution in [0.1, 0.15) is 18.9 Å². The Morgan fingerprint density at radius 2 is 2.00 bits per heavy atom. The van der Waals surface area contributed by atoms with Crippen LogP contribution in [-0.4, -0.2) is 18.5 Å². The lowest BCUT2D eigenvalue weighted by molar-refractivity contribution is 0.646. The molecule has 0 bridgehead atoms. The summed E-state index contributed by atoms with van der Waals surface area (Å²) in [5, 5.41) is 3.53. The molecule has 0 heterocycles. The predicted molar refractivity (Wildman–Crippen MR) is 62.9 cm³/mol. The van der Waals surface area contributed by atoms with Crippen LogP contribution in [0.25, 0.3) is 0 Å². The number of nitrogens with one attached hydrogen (secondary N) is 1. The molecule has 1 atom stereocenters. The molecule has 1 unspecified atom stereocenters. The van der Waals surface area contributed by atoms with E-state index >= 15 is 0 Å². The minimum Gasteiger partial charge on any atom is -0.317 e. The second-order valence-corrected chi connectivity index (χ2v) is 4.05. The molecule has 0 aliphatic rings. The van der Waals surface area contributed by atoms with Crippen LogP contribution in [0.4, 0.5) is 0 Å². The number of halogens is 1. The molecule has 0 aromatic heterocycles. The van der Waals surface area contributed by atoms with E-state index in [0.717, 1.165) is 25.9 Å². The van der Waals surface area contributed by atoms with E-state index in [2.05, 4.69) is 36.5 Å². The third-order valence-corrected chi connectivity index (χ3v) is 2.56. The molecule has 1 rings (SSSR count). The molecule has 1 aromatic carbocycles. The maximum atomic E-state index is 6.21. The summed E-state index contributed by atoms with van der Waals surface area (Å²) in [6.45, 7) is 4.15. The van der Waals surface area contributed by atoms with Gasteiger partial charge < -0.3 is 5.32 Å². The van der Waals surface area contributed by atoms with E-state index in [1.807, 2.05) is 6.07 Å². The Kier molecular flexibility index (Phi) is 5.65. The Morgan fingerprint density at radius 3 is 2.64 bits per heavy atom. The van der Waals surface area contributed by atoms with Crippen molar-refractivity contribution in [2.45, 2.75) is 25.1 Å². The van der Waals surface area contributed by atoms with Crippen molar-refractivity contribution in [3.8, 4) is 0 Å². The minimum atomic E-state index is 0.247. The Balaban J connectivity index is 2.23. The average Bonchev–Trinajstić information content (AvgIpc) is 2.20. The lowest BCUT2D eigenvalue weighted by Crippen LogP contribution is -2.18. The monoisotopic (exact) mass is 211 g/mol. The van der Waals surface area contributed by atoms with Gasteiger partial charge in [0.2, 0.25) is 0 Å². The Labute approximate surface area is 91.5 Å². The van der Waals surface area contributed by atoms with Crippen LogP contribution in [-0.2, 0) is 6.42 Å². The molecular formula is C12H18ClN. The van der Waals surface area contributed by atoms with E-state index < -0.39 is 0 Å². The van der Waals surface area contributed by atoms with Gasteiger partial charge in [-0.3, -0.25) is 0 Å². The Hall–Kier alpha value is -0.530. The molecule has 78 valence electrons. The van der Waals surface area contributed by atoms with Crippen molar-refractivity contribution in [2.24, 2.45) is 0 Å². The van der Waals surface area contributed by atoms with Gasteiger partial charge in [-0.2, -0.15) is 0 Å². The quantitative estimate of drug-likeness (QED) is 0.564. The molecule has 0 saturated heterocycles. The van der Waals surface area contributed by atoms with Gasteiger partial charge in [0.05, 0.1) is 0 Å². The fourth-order valence-electron chi connectivity index (χ4n) is 1.41. The summed E-state index contributed by atoms with van der Waals surface area (Å²) in [5.74, 6) is 0. The van der Waals surface area contributed by atoms with Crippen LogP contribution in [0.2, 0.25) is 0 Å². The van der Waals surface area contributed by atoms with Gasteiger partial charge in [-0.05, 0) is 31.5 Å². The molecule has 1 nitrogen and oxygen atoms in total. The number of hydrogen-bond acceptors (Lipinski definition) is 1. The molecule has 1 aromatic rings. The zero-order chi connectivity index (χ0) is 10.2. The van der Waals surface area contributed by atoms with Gasteiger partial charge in [-0.25, -0.2) is 0 Å². The molecule has 0 radical (unpaired) electrons. The Bertz CT molecular complexity index is 235. The molecule has 0 aliphatic heterocycles. The van der Waals surface area contributed by atoms with Crippen LogP contribution in [0.3, 0.4) is 0 Å². The summed E-state index contributed by atoms with van der Waals surface area (Å²) in [6.07, 6.45) is 2.00. The number of benzene rings is 1. The fraction of sp³-hybridized carbons (Fsp3) is 0.500. The molecule has 0 fully saturated rings. The normalized spacial score (nSPS) is 12.7. The van der Waals surface area contributed by atoms with Gasteiger partial charge in [0.15, 0.2) is 0 Å². The summed E-state index contributed by atoms with van der Waals surface area (Å²) >= 11 is 6.21. The SMILES string of the molecule is CCNCCC(Cl)Cc1ccccc1. The van der Waals surface area contributed by atoms with Gasteiger partial charge in [-0.1, -0.05) is 37.3 Å². The standard InChI is InChI=1S/C12H18ClN/c1-2-14-9-8-12(13)10-11-6-4-3-5-7-11/h3-7,12,14H,2,8-10H2,1H3. The summed E-state index contributed by atoms with van der Waals surface area (Å²) in [7, 11) is 0. The second-order valence-electron chi connectivity index (χ2n) is 3.43. The first kappa shape index (κ1) is 11.5. The summed E-state index contributed by atoms with van der Waals surface area (Å²) < 4.78 is 0. The van der Waals surface area contributed by atoms with Gasteiger partial charge >= 0.3 is 0 Å². The van der Waals surface area contributed by atoms with Crippen LogP contribution >= 0.6 is 11.6 Å². The molecule has 14 heavy (non-hydrogen) atoms. The Morgan fingerprint density at radius 1 is 1.29 bits per heavy atom. The summed E-state index contributed by atoms with van der Waals surface area (Å²) in [4.78, 5) is 0. The van der Waals surface area contributed by atoms with Crippen molar-refractivity contribution >= 4 is 11.6 Å². The number of hydrogen-bond donors (Lipinski definition) is 1. The molecule has 0 aliphatic carbocycles. The molecular weight excluding hydrogens is 194 g/mol. The first-order valence-electron chi connectivity index (χ1n) is 5.21. The zero-order valence-electron chi connectivity index (χ0n) is 8.67. The van der Waals surface area contributed by atoms with Crippen molar-refractivity contribution in [1.82, 2.24) is 5.32 Å². The van der Waals surface area contributed by atoms with Crippen LogP contribution in [0.5, 0.6) is 0 Å². The highest BCUT2D eigenvalue weighted by atomic mass is 35.5. The zero-order valence-corrected chi connectivity index (χ0v) is 9.43.